The second-order valence-corrected chi connectivity index (χ2v) is 5.48. The highest BCUT2D eigenvalue weighted by Gasteiger charge is 2.09. The number of carbonyl (C=O) groups excluding carboxylic acids is 1. The van der Waals surface area contributed by atoms with E-state index in [4.69, 9.17) is 4.74 Å². The normalized spacial score (nSPS) is 10.3. The van der Waals surface area contributed by atoms with E-state index in [1.807, 2.05) is 32.0 Å². The minimum atomic E-state index is -0.303. The molecule has 2 aromatic rings. The summed E-state index contributed by atoms with van der Waals surface area (Å²) in [4.78, 5) is 12.9. The van der Waals surface area contributed by atoms with E-state index in [0.29, 0.717) is 11.5 Å². The van der Waals surface area contributed by atoms with Crippen molar-refractivity contribution in [1.82, 2.24) is 0 Å². The number of thiophene rings is 1. The Morgan fingerprint density at radius 3 is 2.74 bits per heavy atom. The van der Waals surface area contributed by atoms with Crippen LogP contribution in [0.15, 0.2) is 30.3 Å². The first-order valence-corrected chi connectivity index (χ1v) is 6.79. The van der Waals surface area contributed by atoms with Gasteiger partial charge in [0.15, 0.2) is 0 Å². The molecule has 0 radical (unpaired) electrons. The predicted octanol–water partition coefficient (Wildman–Crippen LogP) is 3.73. The molecule has 0 spiro atoms. The van der Waals surface area contributed by atoms with E-state index in [1.165, 1.54) is 24.0 Å². The average molecular weight is 276 g/mol. The standard InChI is InChI=1S/C15H16O3S/c1-10-4-5-11(2)13(8-10)18-9-12-6-7-14(19-12)15(16)17-3/h4-8H,9H2,1-3H3. The van der Waals surface area contributed by atoms with E-state index >= 15 is 0 Å². The molecule has 1 aromatic heterocycles. The number of aryl methyl sites for hydroxylation is 2. The number of hydrogen-bond acceptors (Lipinski definition) is 4. The lowest BCUT2D eigenvalue weighted by atomic mass is 10.1. The van der Waals surface area contributed by atoms with Crippen molar-refractivity contribution >= 4 is 17.3 Å². The molecule has 0 bridgehead atoms. The molecular weight excluding hydrogens is 260 g/mol. The molecule has 3 nitrogen and oxygen atoms in total. The maximum absolute atomic E-state index is 11.3. The van der Waals surface area contributed by atoms with Crippen molar-refractivity contribution in [2.75, 3.05) is 7.11 Å². The molecular formula is C15H16O3S. The molecule has 0 N–H and O–H groups in total. The van der Waals surface area contributed by atoms with Gasteiger partial charge in [0, 0.05) is 4.88 Å². The van der Waals surface area contributed by atoms with Crippen molar-refractivity contribution in [1.29, 1.82) is 0 Å². The topological polar surface area (TPSA) is 35.5 Å². The summed E-state index contributed by atoms with van der Waals surface area (Å²) in [5, 5.41) is 0. The molecule has 0 aliphatic carbocycles. The van der Waals surface area contributed by atoms with Gasteiger partial charge in [0.1, 0.15) is 17.2 Å². The van der Waals surface area contributed by atoms with Gasteiger partial charge in [-0.25, -0.2) is 4.79 Å². The van der Waals surface area contributed by atoms with E-state index in [9.17, 15) is 4.79 Å². The third-order valence-electron chi connectivity index (χ3n) is 2.76. The smallest absolute Gasteiger partial charge is 0.348 e. The van der Waals surface area contributed by atoms with Crippen molar-refractivity contribution in [2.24, 2.45) is 0 Å². The van der Waals surface area contributed by atoms with Crippen molar-refractivity contribution in [3.8, 4) is 5.75 Å². The van der Waals surface area contributed by atoms with Crippen molar-refractivity contribution in [3.63, 3.8) is 0 Å². The Kier molecular flexibility index (Phi) is 4.22. The minimum Gasteiger partial charge on any atom is -0.488 e. The summed E-state index contributed by atoms with van der Waals surface area (Å²) >= 11 is 1.40. The predicted molar refractivity (Wildman–Crippen MR) is 75.9 cm³/mol. The van der Waals surface area contributed by atoms with E-state index in [2.05, 4.69) is 10.8 Å². The summed E-state index contributed by atoms with van der Waals surface area (Å²) in [5.41, 5.74) is 2.28. The Balaban J connectivity index is 2.04. The molecule has 0 saturated heterocycles. The molecule has 0 atom stereocenters. The summed E-state index contributed by atoms with van der Waals surface area (Å²) < 4.78 is 10.5. The number of rotatable bonds is 4. The third kappa shape index (κ3) is 3.35. The molecule has 0 saturated carbocycles. The minimum absolute atomic E-state index is 0.303. The Morgan fingerprint density at radius 2 is 2.00 bits per heavy atom. The van der Waals surface area contributed by atoms with Crippen LogP contribution in [0.25, 0.3) is 0 Å². The number of ether oxygens (including phenoxy) is 2. The Bertz CT molecular complexity index is 587. The molecule has 0 unspecified atom stereocenters. The maximum Gasteiger partial charge on any atom is 0.348 e. The van der Waals surface area contributed by atoms with E-state index in [0.717, 1.165) is 16.2 Å². The number of carbonyl (C=O) groups is 1. The first kappa shape index (κ1) is 13.6. The molecule has 19 heavy (non-hydrogen) atoms. The molecule has 1 heterocycles. The quantitative estimate of drug-likeness (QED) is 0.798. The van der Waals surface area contributed by atoms with Gasteiger partial charge in [-0.1, -0.05) is 12.1 Å². The van der Waals surface area contributed by atoms with Crippen molar-refractivity contribution in [2.45, 2.75) is 20.5 Å². The lowest BCUT2D eigenvalue weighted by Crippen LogP contribution is -1.97. The van der Waals surface area contributed by atoms with E-state index in [1.54, 1.807) is 6.07 Å². The van der Waals surface area contributed by atoms with Crippen LogP contribution in [0, 0.1) is 13.8 Å². The first-order chi connectivity index (χ1) is 9.10. The lowest BCUT2D eigenvalue weighted by molar-refractivity contribution is 0.0606. The highest BCUT2D eigenvalue weighted by atomic mass is 32.1. The van der Waals surface area contributed by atoms with Crippen LogP contribution < -0.4 is 4.74 Å². The van der Waals surface area contributed by atoms with Crippen molar-refractivity contribution in [3.05, 3.63) is 51.2 Å². The van der Waals surface area contributed by atoms with Crippen LogP contribution in [0.4, 0.5) is 0 Å². The highest BCUT2D eigenvalue weighted by Crippen LogP contribution is 2.23. The number of esters is 1. The second kappa shape index (κ2) is 5.89. The van der Waals surface area contributed by atoms with E-state index < -0.39 is 0 Å². The molecule has 0 aliphatic heterocycles. The summed E-state index contributed by atoms with van der Waals surface area (Å²) in [5.74, 6) is 0.580. The first-order valence-electron chi connectivity index (χ1n) is 5.97. The van der Waals surface area contributed by atoms with Gasteiger partial charge in [-0.15, -0.1) is 11.3 Å². The van der Waals surface area contributed by atoms with Crippen molar-refractivity contribution < 1.29 is 14.3 Å². The van der Waals surface area contributed by atoms with Crippen LogP contribution in [0.2, 0.25) is 0 Å². The summed E-state index contributed by atoms with van der Waals surface area (Å²) in [7, 11) is 1.38. The summed E-state index contributed by atoms with van der Waals surface area (Å²) in [6.07, 6.45) is 0. The van der Waals surface area contributed by atoms with Crippen LogP contribution >= 0.6 is 11.3 Å². The molecule has 4 heteroatoms. The van der Waals surface area contributed by atoms with Crippen LogP contribution in [0.3, 0.4) is 0 Å². The Labute approximate surface area is 116 Å². The third-order valence-corrected chi connectivity index (χ3v) is 3.80. The Hall–Kier alpha value is -1.81. The fourth-order valence-electron chi connectivity index (χ4n) is 1.68. The second-order valence-electron chi connectivity index (χ2n) is 4.32. The molecule has 2 rings (SSSR count). The SMILES string of the molecule is COC(=O)c1ccc(COc2cc(C)ccc2C)s1. The van der Waals surface area contributed by atoms with Gasteiger partial charge in [-0.05, 0) is 43.2 Å². The zero-order chi connectivity index (χ0) is 13.8. The van der Waals surface area contributed by atoms with Gasteiger partial charge in [-0.3, -0.25) is 0 Å². The molecule has 1 aromatic carbocycles. The number of hydrogen-bond donors (Lipinski definition) is 0. The largest absolute Gasteiger partial charge is 0.488 e. The van der Waals surface area contributed by atoms with Gasteiger partial charge in [0.25, 0.3) is 0 Å². The van der Waals surface area contributed by atoms with Crippen LogP contribution in [-0.4, -0.2) is 13.1 Å². The summed E-state index contributed by atoms with van der Waals surface area (Å²) in [6, 6.07) is 9.77. The number of methoxy groups -OCH3 is 1. The molecule has 100 valence electrons. The highest BCUT2D eigenvalue weighted by molar-refractivity contribution is 7.13. The van der Waals surface area contributed by atoms with Gasteiger partial charge in [0.2, 0.25) is 0 Å². The molecule has 0 amide bonds. The van der Waals surface area contributed by atoms with Gasteiger partial charge >= 0.3 is 5.97 Å². The fraction of sp³-hybridized carbons (Fsp3) is 0.267. The van der Waals surface area contributed by atoms with Crippen LogP contribution in [0.5, 0.6) is 5.75 Å². The zero-order valence-electron chi connectivity index (χ0n) is 11.2. The van der Waals surface area contributed by atoms with Gasteiger partial charge in [0.05, 0.1) is 7.11 Å². The Morgan fingerprint density at radius 1 is 1.21 bits per heavy atom. The van der Waals surface area contributed by atoms with Crippen LogP contribution in [-0.2, 0) is 11.3 Å². The zero-order valence-corrected chi connectivity index (χ0v) is 12.0. The van der Waals surface area contributed by atoms with Crippen LogP contribution in [0.1, 0.15) is 25.7 Å². The molecule has 0 aliphatic rings. The van der Waals surface area contributed by atoms with Gasteiger partial charge < -0.3 is 9.47 Å². The van der Waals surface area contributed by atoms with E-state index in [-0.39, 0.29) is 5.97 Å². The monoisotopic (exact) mass is 276 g/mol. The lowest BCUT2D eigenvalue weighted by Gasteiger charge is -2.08. The number of benzene rings is 1. The average Bonchev–Trinajstić information content (AvgIpc) is 2.88. The summed E-state index contributed by atoms with van der Waals surface area (Å²) in [6.45, 7) is 4.52. The maximum atomic E-state index is 11.3. The fourth-order valence-corrected chi connectivity index (χ4v) is 2.52. The van der Waals surface area contributed by atoms with Gasteiger partial charge in [-0.2, -0.15) is 0 Å². The molecule has 0 fully saturated rings.